The first-order valence-electron chi connectivity index (χ1n) is 10.9. The van der Waals surface area contributed by atoms with Crippen LogP contribution in [-0.4, -0.2) is 34.5 Å². The largest absolute Gasteiger partial charge is 0.496 e. The summed E-state index contributed by atoms with van der Waals surface area (Å²) in [6.07, 6.45) is 3.49. The number of methoxy groups -OCH3 is 1. The number of aromatic nitrogens is 2. The summed E-state index contributed by atoms with van der Waals surface area (Å²) in [6.45, 7) is 8.02. The standard InChI is InChI=1S/C26H32N4O3/c1-17(28-25(32)18-11-13-19(14-12-18)26(2,3)4)24(31)29-22(23-27-15-16-30(23)5)20-9-7-8-10-21(20)33-6/h7-17,22H,1-6H3,(H,28,32)(H,29,31). The lowest BCUT2D eigenvalue weighted by Gasteiger charge is -2.23. The molecule has 0 aliphatic heterocycles. The number of carbonyl (C=O) groups excluding carboxylic acids is 2. The van der Waals surface area contributed by atoms with Gasteiger partial charge in [-0.2, -0.15) is 0 Å². The summed E-state index contributed by atoms with van der Waals surface area (Å²) < 4.78 is 7.35. The van der Waals surface area contributed by atoms with Crippen molar-refractivity contribution in [1.29, 1.82) is 0 Å². The van der Waals surface area contributed by atoms with Crippen LogP contribution in [0.4, 0.5) is 0 Å². The third-order valence-corrected chi connectivity index (χ3v) is 5.61. The van der Waals surface area contributed by atoms with Gasteiger partial charge in [0, 0.05) is 30.6 Å². The number of hydrogen-bond donors (Lipinski definition) is 2. The molecular formula is C26H32N4O3. The van der Waals surface area contributed by atoms with E-state index in [0.717, 1.165) is 11.1 Å². The summed E-state index contributed by atoms with van der Waals surface area (Å²) in [5, 5.41) is 5.81. The smallest absolute Gasteiger partial charge is 0.251 e. The van der Waals surface area contributed by atoms with Gasteiger partial charge in [-0.05, 0) is 36.1 Å². The van der Waals surface area contributed by atoms with Crippen LogP contribution >= 0.6 is 0 Å². The minimum absolute atomic E-state index is 0.000663. The fraction of sp³-hybridized carbons (Fsp3) is 0.346. The summed E-state index contributed by atoms with van der Waals surface area (Å²) >= 11 is 0. The van der Waals surface area contributed by atoms with Gasteiger partial charge in [0.1, 0.15) is 23.7 Å². The molecule has 174 valence electrons. The van der Waals surface area contributed by atoms with Crippen LogP contribution in [0.3, 0.4) is 0 Å². The van der Waals surface area contributed by atoms with E-state index in [0.29, 0.717) is 17.1 Å². The van der Waals surface area contributed by atoms with E-state index in [1.54, 1.807) is 32.4 Å². The van der Waals surface area contributed by atoms with Crippen molar-refractivity contribution in [2.45, 2.75) is 45.2 Å². The summed E-state index contributed by atoms with van der Waals surface area (Å²) in [5.74, 6) is 0.670. The Balaban J connectivity index is 1.77. The van der Waals surface area contributed by atoms with E-state index >= 15 is 0 Å². The number of rotatable bonds is 7. The predicted molar refractivity (Wildman–Crippen MR) is 128 cm³/mol. The fourth-order valence-electron chi connectivity index (χ4n) is 3.58. The van der Waals surface area contributed by atoms with E-state index in [2.05, 4.69) is 36.4 Å². The third kappa shape index (κ3) is 5.61. The Morgan fingerprint density at radius 2 is 1.70 bits per heavy atom. The maximum atomic E-state index is 13.1. The van der Waals surface area contributed by atoms with Crippen LogP contribution in [0.5, 0.6) is 5.75 Å². The molecule has 7 heteroatoms. The highest BCUT2D eigenvalue weighted by Crippen LogP contribution is 2.29. The quantitative estimate of drug-likeness (QED) is 0.577. The van der Waals surface area contributed by atoms with Crippen molar-refractivity contribution in [3.8, 4) is 5.75 Å². The highest BCUT2D eigenvalue weighted by atomic mass is 16.5. The Morgan fingerprint density at radius 1 is 1.03 bits per heavy atom. The van der Waals surface area contributed by atoms with Gasteiger partial charge < -0.3 is 19.9 Å². The molecule has 33 heavy (non-hydrogen) atoms. The Bertz CT molecular complexity index is 1110. The molecule has 1 aromatic heterocycles. The Kier molecular flexibility index (Phi) is 7.21. The first kappa shape index (κ1) is 24.0. The molecule has 2 aromatic carbocycles. The Hall–Kier alpha value is -3.61. The zero-order chi connectivity index (χ0) is 24.2. The minimum atomic E-state index is -0.753. The topological polar surface area (TPSA) is 85.2 Å². The van der Waals surface area contributed by atoms with Crippen molar-refractivity contribution in [1.82, 2.24) is 20.2 Å². The monoisotopic (exact) mass is 448 g/mol. The number of carbonyl (C=O) groups is 2. The molecule has 0 bridgehead atoms. The molecule has 3 aromatic rings. The maximum absolute atomic E-state index is 13.1. The van der Waals surface area contributed by atoms with Gasteiger partial charge in [-0.15, -0.1) is 0 Å². The Morgan fingerprint density at radius 3 is 2.27 bits per heavy atom. The molecule has 0 fully saturated rings. The number of para-hydroxylation sites is 1. The predicted octanol–water partition coefficient (Wildman–Crippen LogP) is 3.75. The fourth-order valence-corrected chi connectivity index (χ4v) is 3.58. The van der Waals surface area contributed by atoms with Crippen molar-refractivity contribution in [3.05, 3.63) is 83.4 Å². The van der Waals surface area contributed by atoms with Crippen LogP contribution in [0.25, 0.3) is 0 Å². The zero-order valence-electron chi connectivity index (χ0n) is 20.0. The molecule has 2 amide bonds. The van der Waals surface area contributed by atoms with Crippen LogP contribution < -0.4 is 15.4 Å². The molecule has 0 aliphatic rings. The highest BCUT2D eigenvalue weighted by Gasteiger charge is 2.26. The molecule has 2 atom stereocenters. The zero-order valence-corrected chi connectivity index (χ0v) is 20.0. The second-order valence-electron chi connectivity index (χ2n) is 9.10. The number of hydrogen-bond acceptors (Lipinski definition) is 4. The molecular weight excluding hydrogens is 416 g/mol. The normalized spacial score (nSPS) is 13.2. The van der Waals surface area contributed by atoms with E-state index < -0.39 is 12.1 Å². The van der Waals surface area contributed by atoms with Crippen LogP contribution in [0, 0.1) is 0 Å². The molecule has 0 aliphatic carbocycles. The van der Waals surface area contributed by atoms with Gasteiger partial charge in [-0.3, -0.25) is 9.59 Å². The lowest BCUT2D eigenvalue weighted by atomic mass is 9.86. The number of ether oxygens (including phenoxy) is 1. The van der Waals surface area contributed by atoms with E-state index in [-0.39, 0.29) is 17.2 Å². The molecule has 2 N–H and O–H groups in total. The SMILES string of the molecule is COc1ccccc1C(NC(=O)C(C)NC(=O)c1ccc(C(C)(C)C)cc1)c1nccn1C. The van der Waals surface area contributed by atoms with Gasteiger partial charge in [-0.1, -0.05) is 51.1 Å². The molecule has 0 saturated heterocycles. The average molecular weight is 449 g/mol. The summed E-state index contributed by atoms with van der Waals surface area (Å²) in [7, 11) is 3.45. The number of aryl methyl sites for hydroxylation is 1. The molecule has 1 heterocycles. The van der Waals surface area contributed by atoms with Gasteiger partial charge >= 0.3 is 0 Å². The van der Waals surface area contributed by atoms with Crippen molar-refractivity contribution in [3.63, 3.8) is 0 Å². The lowest BCUT2D eigenvalue weighted by molar-refractivity contribution is -0.123. The number of amides is 2. The van der Waals surface area contributed by atoms with Crippen molar-refractivity contribution >= 4 is 11.8 Å². The van der Waals surface area contributed by atoms with E-state index in [9.17, 15) is 9.59 Å². The molecule has 2 unspecified atom stereocenters. The van der Waals surface area contributed by atoms with Gasteiger partial charge in [-0.25, -0.2) is 4.98 Å². The van der Waals surface area contributed by atoms with E-state index in [4.69, 9.17) is 4.74 Å². The number of nitrogens with one attached hydrogen (secondary N) is 2. The molecule has 0 radical (unpaired) electrons. The molecule has 0 saturated carbocycles. The lowest BCUT2D eigenvalue weighted by Crippen LogP contribution is -2.46. The number of nitrogens with zero attached hydrogens (tertiary/aromatic N) is 2. The second-order valence-corrected chi connectivity index (χ2v) is 9.10. The van der Waals surface area contributed by atoms with Crippen LogP contribution in [-0.2, 0) is 17.3 Å². The third-order valence-electron chi connectivity index (χ3n) is 5.61. The minimum Gasteiger partial charge on any atom is -0.496 e. The van der Waals surface area contributed by atoms with Crippen molar-refractivity contribution in [2.75, 3.05) is 7.11 Å². The van der Waals surface area contributed by atoms with E-state index in [1.807, 2.05) is 54.2 Å². The van der Waals surface area contributed by atoms with Crippen LogP contribution in [0.2, 0.25) is 0 Å². The first-order valence-corrected chi connectivity index (χ1v) is 10.9. The van der Waals surface area contributed by atoms with Gasteiger partial charge in [0.25, 0.3) is 5.91 Å². The molecule has 7 nitrogen and oxygen atoms in total. The van der Waals surface area contributed by atoms with Crippen molar-refractivity contribution in [2.24, 2.45) is 7.05 Å². The van der Waals surface area contributed by atoms with Gasteiger partial charge in [0.15, 0.2) is 0 Å². The second kappa shape index (κ2) is 9.90. The van der Waals surface area contributed by atoms with Gasteiger partial charge in [0.2, 0.25) is 5.91 Å². The Labute approximate surface area is 195 Å². The van der Waals surface area contributed by atoms with E-state index in [1.165, 1.54) is 0 Å². The number of imidazole rings is 1. The maximum Gasteiger partial charge on any atom is 0.251 e. The van der Waals surface area contributed by atoms with Crippen LogP contribution in [0.15, 0.2) is 60.9 Å². The molecule has 0 spiro atoms. The van der Waals surface area contributed by atoms with Gasteiger partial charge in [0.05, 0.1) is 7.11 Å². The molecule has 3 rings (SSSR count). The summed E-state index contributed by atoms with van der Waals surface area (Å²) in [5.41, 5.74) is 2.42. The van der Waals surface area contributed by atoms with Crippen molar-refractivity contribution < 1.29 is 14.3 Å². The highest BCUT2D eigenvalue weighted by molar-refractivity contribution is 5.97. The number of benzene rings is 2. The average Bonchev–Trinajstić information content (AvgIpc) is 3.22. The first-order chi connectivity index (χ1) is 15.6. The summed E-state index contributed by atoms with van der Waals surface area (Å²) in [6, 6.07) is 13.6. The van der Waals surface area contributed by atoms with Crippen LogP contribution in [0.1, 0.15) is 61.0 Å². The summed E-state index contributed by atoms with van der Waals surface area (Å²) in [4.78, 5) is 30.2.